The number of oxazole rings is 1. The molecular weight excluding hydrogens is 204 g/mol. The quantitative estimate of drug-likeness (QED) is 0.828. The van der Waals surface area contributed by atoms with Crippen LogP contribution in [0.25, 0.3) is 11.1 Å². The summed E-state index contributed by atoms with van der Waals surface area (Å²) in [6, 6.07) is 8.11. The van der Waals surface area contributed by atoms with Crippen LogP contribution in [0.15, 0.2) is 28.7 Å². The fourth-order valence-corrected chi connectivity index (χ4v) is 1.95. The van der Waals surface area contributed by atoms with Crippen molar-refractivity contribution in [2.24, 2.45) is 0 Å². The van der Waals surface area contributed by atoms with Crippen molar-refractivity contribution >= 4 is 17.1 Å². The van der Waals surface area contributed by atoms with Crippen molar-refractivity contribution in [2.45, 2.75) is 24.9 Å². The van der Waals surface area contributed by atoms with Gasteiger partial charge in [-0.2, -0.15) is 4.98 Å². The summed E-state index contributed by atoms with van der Waals surface area (Å²) in [4.78, 5) is 4.29. The Hall–Kier alpha value is -1.55. The fraction of sp³-hybridized carbons (Fsp3) is 0.417. The predicted octanol–water partition coefficient (Wildman–Crippen LogP) is 2.15. The number of aromatic nitrogens is 1. The van der Waals surface area contributed by atoms with Crippen molar-refractivity contribution in [2.75, 3.05) is 11.9 Å². The molecule has 1 fully saturated rings. The maximum Gasteiger partial charge on any atom is 0.295 e. The van der Waals surface area contributed by atoms with Crippen molar-refractivity contribution < 1.29 is 9.52 Å². The van der Waals surface area contributed by atoms with E-state index in [1.807, 2.05) is 24.3 Å². The van der Waals surface area contributed by atoms with E-state index in [9.17, 15) is 5.11 Å². The Labute approximate surface area is 93.3 Å². The van der Waals surface area contributed by atoms with Gasteiger partial charge in [-0.05, 0) is 31.4 Å². The second kappa shape index (κ2) is 3.49. The number of rotatable bonds is 3. The van der Waals surface area contributed by atoms with E-state index in [4.69, 9.17) is 4.42 Å². The lowest BCUT2D eigenvalue weighted by Gasteiger charge is -2.36. The van der Waals surface area contributed by atoms with Crippen LogP contribution >= 0.6 is 0 Å². The molecule has 84 valence electrons. The molecule has 1 aromatic carbocycles. The van der Waals surface area contributed by atoms with Crippen LogP contribution in [0.3, 0.4) is 0 Å². The summed E-state index contributed by atoms with van der Waals surface area (Å²) in [6.07, 6.45) is 2.83. The summed E-state index contributed by atoms with van der Waals surface area (Å²) in [5, 5.41) is 13.0. The van der Waals surface area contributed by atoms with Gasteiger partial charge >= 0.3 is 0 Å². The number of para-hydroxylation sites is 2. The van der Waals surface area contributed by atoms with Gasteiger partial charge in [0.05, 0.1) is 5.60 Å². The van der Waals surface area contributed by atoms with Crippen LogP contribution in [0, 0.1) is 0 Å². The van der Waals surface area contributed by atoms with E-state index in [2.05, 4.69) is 10.3 Å². The van der Waals surface area contributed by atoms with E-state index in [0.717, 1.165) is 30.4 Å². The molecule has 2 aromatic rings. The number of benzene rings is 1. The minimum atomic E-state index is -0.555. The molecule has 0 radical (unpaired) electrons. The van der Waals surface area contributed by atoms with Gasteiger partial charge in [0.25, 0.3) is 6.01 Å². The van der Waals surface area contributed by atoms with Crippen LogP contribution in [-0.2, 0) is 0 Å². The van der Waals surface area contributed by atoms with Crippen molar-refractivity contribution in [1.82, 2.24) is 4.98 Å². The highest BCUT2D eigenvalue weighted by Crippen LogP contribution is 2.31. The maximum absolute atomic E-state index is 9.91. The Morgan fingerprint density at radius 2 is 2.19 bits per heavy atom. The third-order valence-electron chi connectivity index (χ3n) is 3.15. The van der Waals surface area contributed by atoms with E-state index in [1.54, 1.807) is 0 Å². The van der Waals surface area contributed by atoms with Crippen LogP contribution < -0.4 is 5.32 Å². The maximum atomic E-state index is 9.91. The van der Waals surface area contributed by atoms with Gasteiger partial charge in [-0.25, -0.2) is 0 Å². The van der Waals surface area contributed by atoms with Crippen LogP contribution in [0.1, 0.15) is 19.3 Å². The van der Waals surface area contributed by atoms with Gasteiger partial charge in [0.2, 0.25) is 0 Å². The third kappa shape index (κ3) is 1.65. The lowest BCUT2D eigenvalue weighted by molar-refractivity contribution is -0.0205. The first kappa shape index (κ1) is 9.66. The molecule has 1 heterocycles. The van der Waals surface area contributed by atoms with E-state index < -0.39 is 5.60 Å². The first-order valence-electron chi connectivity index (χ1n) is 5.57. The molecule has 1 saturated carbocycles. The zero-order chi connectivity index (χ0) is 11.0. The van der Waals surface area contributed by atoms with Gasteiger partial charge in [-0.3, -0.25) is 0 Å². The van der Waals surface area contributed by atoms with Crippen LogP contribution in [0.4, 0.5) is 6.01 Å². The number of aliphatic hydroxyl groups is 1. The van der Waals surface area contributed by atoms with Crippen molar-refractivity contribution in [3.63, 3.8) is 0 Å². The largest absolute Gasteiger partial charge is 0.424 e. The summed E-state index contributed by atoms with van der Waals surface area (Å²) < 4.78 is 5.50. The summed E-state index contributed by atoms with van der Waals surface area (Å²) in [5.74, 6) is 0. The lowest BCUT2D eigenvalue weighted by Crippen LogP contribution is -2.43. The Bertz CT molecular complexity index is 469. The SMILES string of the molecule is OC1(CNc2nc3ccccc3o2)CCC1. The molecule has 4 heteroatoms. The Kier molecular flexibility index (Phi) is 2.11. The average molecular weight is 218 g/mol. The van der Waals surface area contributed by atoms with Crippen LogP contribution in [0.2, 0.25) is 0 Å². The lowest BCUT2D eigenvalue weighted by atomic mass is 9.80. The summed E-state index contributed by atoms with van der Waals surface area (Å²) >= 11 is 0. The molecule has 1 aliphatic rings. The molecule has 0 atom stereocenters. The molecule has 2 N–H and O–H groups in total. The van der Waals surface area contributed by atoms with Crippen LogP contribution in [-0.4, -0.2) is 22.2 Å². The van der Waals surface area contributed by atoms with Gasteiger partial charge in [0.1, 0.15) is 5.52 Å². The number of anilines is 1. The Morgan fingerprint density at radius 1 is 1.38 bits per heavy atom. The van der Waals surface area contributed by atoms with Gasteiger partial charge in [0, 0.05) is 6.54 Å². The first-order valence-corrected chi connectivity index (χ1v) is 5.57. The van der Waals surface area contributed by atoms with E-state index >= 15 is 0 Å². The normalized spacial score (nSPS) is 18.3. The molecule has 0 aliphatic heterocycles. The molecule has 1 aliphatic carbocycles. The van der Waals surface area contributed by atoms with Gasteiger partial charge in [-0.1, -0.05) is 12.1 Å². The monoisotopic (exact) mass is 218 g/mol. The highest BCUT2D eigenvalue weighted by Gasteiger charge is 2.34. The zero-order valence-corrected chi connectivity index (χ0v) is 8.94. The van der Waals surface area contributed by atoms with Crippen LogP contribution in [0.5, 0.6) is 0 Å². The second-order valence-corrected chi connectivity index (χ2v) is 4.42. The van der Waals surface area contributed by atoms with Crippen molar-refractivity contribution in [3.8, 4) is 0 Å². The molecule has 1 aromatic heterocycles. The first-order chi connectivity index (χ1) is 7.75. The topological polar surface area (TPSA) is 58.3 Å². The van der Waals surface area contributed by atoms with Crippen molar-refractivity contribution in [3.05, 3.63) is 24.3 Å². The molecule has 0 spiro atoms. The van der Waals surface area contributed by atoms with E-state index in [0.29, 0.717) is 12.6 Å². The number of hydrogen-bond donors (Lipinski definition) is 2. The number of fused-ring (bicyclic) bond motifs is 1. The van der Waals surface area contributed by atoms with Crippen molar-refractivity contribution in [1.29, 1.82) is 0 Å². The smallest absolute Gasteiger partial charge is 0.295 e. The number of nitrogens with zero attached hydrogens (tertiary/aromatic N) is 1. The zero-order valence-electron chi connectivity index (χ0n) is 8.94. The highest BCUT2D eigenvalue weighted by atomic mass is 16.4. The van der Waals surface area contributed by atoms with Gasteiger partial charge in [0.15, 0.2) is 5.58 Å². The van der Waals surface area contributed by atoms with E-state index in [-0.39, 0.29) is 0 Å². The van der Waals surface area contributed by atoms with Gasteiger partial charge < -0.3 is 14.8 Å². The number of hydrogen-bond acceptors (Lipinski definition) is 4. The minimum Gasteiger partial charge on any atom is -0.424 e. The van der Waals surface area contributed by atoms with Gasteiger partial charge in [-0.15, -0.1) is 0 Å². The minimum absolute atomic E-state index is 0.488. The Balaban J connectivity index is 1.74. The number of nitrogens with one attached hydrogen (secondary N) is 1. The average Bonchev–Trinajstić information content (AvgIpc) is 2.66. The standard InChI is InChI=1S/C12H14N2O2/c15-12(6-3-7-12)8-13-11-14-9-4-1-2-5-10(9)16-11/h1-2,4-5,15H,3,6-8H2,(H,13,14). The summed E-state index contributed by atoms with van der Waals surface area (Å²) in [5.41, 5.74) is 1.05. The molecule has 3 rings (SSSR count). The molecule has 16 heavy (non-hydrogen) atoms. The summed E-state index contributed by atoms with van der Waals surface area (Å²) in [6.45, 7) is 0.514. The second-order valence-electron chi connectivity index (χ2n) is 4.42. The molecular formula is C12H14N2O2. The molecule has 0 saturated heterocycles. The predicted molar refractivity (Wildman–Crippen MR) is 61.3 cm³/mol. The molecule has 4 nitrogen and oxygen atoms in total. The fourth-order valence-electron chi connectivity index (χ4n) is 1.95. The molecule has 0 bridgehead atoms. The van der Waals surface area contributed by atoms with E-state index in [1.165, 1.54) is 0 Å². The molecule has 0 unspecified atom stereocenters. The Morgan fingerprint density at radius 3 is 2.88 bits per heavy atom. The third-order valence-corrected chi connectivity index (χ3v) is 3.15. The summed E-state index contributed by atoms with van der Waals surface area (Å²) in [7, 11) is 0. The molecule has 0 amide bonds. The highest BCUT2D eigenvalue weighted by molar-refractivity contribution is 5.74.